The third kappa shape index (κ3) is 3.53. The molecule has 2 fully saturated rings. The van der Waals surface area contributed by atoms with E-state index in [9.17, 15) is 9.59 Å². The van der Waals surface area contributed by atoms with Gasteiger partial charge in [-0.05, 0) is 38.8 Å². The number of aromatic nitrogens is 2. The zero-order valence-corrected chi connectivity index (χ0v) is 16.1. The monoisotopic (exact) mass is 371 g/mol. The first kappa shape index (κ1) is 18.3. The van der Waals surface area contributed by atoms with E-state index in [4.69, 9.17) is 0 Å². The summed E-state index contributed by atoms with van der Waals surface area (Å²) in [6.45, 7) is 8.25. The third-order valence-electron chi connectivity index (χ3n) is 6.07. The number of hydrogen-bond donors (Lipinski definition) is 2. The van der Waals surface area contributed by atoms with Crippen LogP contribution >= 0.6 is 0 Å². The van der Waals surface area contributed by atoms with E-state index in [1.807, 2.05) is 40.7 Å². The van der Waals surface area contributed by atoms with Crippen LogP contribution in [0.3, 0.4) is 0 Å². The molecule has 7 heteroatoms. The Hall–Kier alpha value is -2.12. The molecule has 7 nitrogen and oxygen atoms in total. The number of carbonyl (C=O) groups excluding carboxylic acids is 1. The summed E-state index contributed by atoms with van der Waals surface area (Å²) >= 11 is 0. The maximum absolute atomic E-state index is 12.9. The molecular formula is C20H29N5O2. The molecule has 27 heavy (non-hydrogen) atoms. The van der Waals surface area contributed by atoms with Gasteiger partial charge >= 0.3 is 5.69 Å². The second-order valence-electron chi connectivity index (χ2n) is 7.90. The van der Waals surface area contributed by atoms with Crippen LogP contribution in [-0.2, 0) is 4.79 Å². The lowest BCUT2D eigenvalue weighted by Gasteiger charge is -2.39. The number of hydrogen-bond acceptors (Lipinski definition) is 4. The fraction of sp³-hybridized carbons (Fsp3) is 0.600. The van der Waals surface area contributed by atoms with Gasteiger partial charge in [-0.15, -0.1) is 0 Å². The van der Waals surface area contributed by atoms with Crippen molar-refractivity contribution in [3.63, 3.8) is 0 Å². The van der Waals surface area contributed by atoms with Gasteiger partial charge in [0.15, 0.2) is 0 Å². The molecule has 0 unspecified atom stereocenters. The molecule has 0 radical (unpaired) electrons. The maximum Gasteiger partial charge on any atom is 0.326 e. The Morgan fingerprint density at radius 1 is 1.19 bits per heavy atom. The average Bonchev–Trinajstić information content (AvgIpc) is 3.02. The summed E-state index contributed by atoms with van der Waals surface area (Å²) in [6, 6.07) is 8.29. The minimum atomic E-state index is -0.101. The lowest BCUT2D eigenvalue weighted by Crippen LogP contribution is -2.56. The summed E-state index contributed by atoms with van der Waals surface area (Å²) < 4.78 is 1.90. The van der Waals surface area contributed by atoms with Crippen molar-refractivity contribution < 1.29 is 4.79 Å². The Morgan fingerprint density at radius 2 is 1.93 bits per heavy atom. The van der Waals surface area contributed by atoms with Crippen molar-refractivity contribution in [2.24, 2.45) is 0 Å². The van der Waals surface area contributed by atoms with Crippen LogP contribution in [0.2, 0.25) is 0 Å². The molecular weight excluding hydrogens is 342 g/mol. The fourth-order valence-corrected chi connectivity index (χ4v) is 4.52. The Morgan fingerprint density at radius 3 is 2.67 bits per heavy atom. The van der Waals surface area contributed by atoms with Crippen LogP contribution in [0.4, 0.5) is 0 Å². The summed E-state index contributed by atoms with van der Waals surface area (Å²) in [5.41, 5.74) is 1.83. The summed E-state index contributed by atoms with van der Waals surface area (Å²) in [6.07, 6.45) is 1.77. The second-order valence-corrected chi connectivity index (χ2v) is 7.90. The van der Waals surface area contributed by atoms with Crippen molar-refractivity contribution in [2.75, 3.05) is 32.7 Å². The molecule has 0 aliphatic carbocycles. The molecule has 0 bridgehead atoms. The van der Waals surface area contributed by atoms with Gasteiger partial charge in [0.1, 0.15) is 0 Å². The molecule has 1 aromatic carbocycles. The minimum Gasteiger partial charge on any atom is -0.339 e. The van der Waals surface area contributed by atoms with Gasteiger partial charge in [0.2, 0.25) is 5.91 Å². The number of rotatable bonds is 3. The summed E-state index contributed by atoms with van der Waals surface area (Å²) in [5.74, 6) is 0.228. The van der Waals surface area contributed by atoms with Gasteiger partial charge in [-0.3, -0.25) is 14.3 Å². The Bertz CT molecular complexity index is 865. The number of benzene rings is 1. The van der Waals surface area contributed by atoms with Crippen molar-refractivity contribution in [2.45, 2.75) is 44.8 Å². The zero-order valence-electron chi connectivity index (χ0n) is 16.1. The van der Waals surface area contributed by atoms with Crippen molar-refractivity contribution in [1.29, 1.82) is 0 Å². The predicted molar refractivity (Wildman–Crippen MR) is 106 cm³/mol. The third-order valence-corrected chi connectivity index (χ3v) is 6.07. The van der Waals surface area contributed by atoms with E-state index in [0.717, 1.165) is 56.6 Å². The lowest BCUT2D eigenvalue weighted by molar-refractivity contribution is -0.138. The molecule has 2 aliphatic heterocycles. The van der Waals surface area contributed by atoms with Crippen LogP contribution in [0.5, 0.6) is 0 Å². The largest absolute Gasteiger partial charge is 0.339 e. The van der Waals surface area contributed by atoms with E-state index in [1.165, 1.54) is 0 Å². The summed E-state index contributed by atoms with van der Waals surface area (Å²) in [4.78, 5) is 32.5. The SMILES string of the molecule is C[C@H]1CN(C(=O)[C@H](C)N2CCC(n3c(=O)[nH]c4ccccc43)CC2)CCN1. The topological polar surface area (TPSA) is 73.4 Å². The van der Waals surface area contributed by atoms with Gasteiger partial charge in [0, 0.05) is 44.8 Å². The van der Waals surface area contributed by atoms with Crippen LogP contribution in [0.1, 0.15) is 32.7 Å². The van der Waals surface area contributed by atoms with Gasteiger partial charge in [-0.1, -0.05) is 12.1 Å². The summed E-state index contributed by atoms with van der Waals surface area (Å²) in [5, 5.41) is 3.38. The quantitative estimate of drug-likeness (QED) is 0.850. The van der Waals surface area contributed by atoms with E-state index in [-0.39, 0.29) is 23.7 Å². The van der Waals surface area contributed by atoms with Crippen LogP contribution in [0.15, 0.2) is 29.1 Å². The van der Waals surface area contributed by atoms with Gasteiger partial charge in [0.25, 0.3) is 0 Å². The molecule has 4 rings (SSSR count). The summed E-state index contributed by atoms with van der Waals surface area (Å²) in [7, 11) is 0. The first-order chi connectivity index (χ1) is 13.0. The number of carbonyl (C=O) groups is 1. The fourth-order valence-electron chi connectivity index (χ4n) is 4.52. The van der Waals surface area contributed by atoms with E-state index < -0.39 is 0 Å². The van der Waals surface area contributed by atoms with Crippen molar-refractivity contribution >= 4 is 16.9 Å². The number of nitrogens with zero attached hydrogens (tertiary/aromatic N) is 3. The Balaban J connectivity index is 1.42. The zero-order chi connectivity index (χ0) is 19.0. The number of fused-ring (bicyclic) bond motifs is 1. The van der Waals surface area contributed by atoms with Gasteiger partial charge in [0.05, 0.1) is 17.1 Å². The molecule has 3 heterocycles. The molecule has 2 saturated heterocycles. The van der Waals surface area contributed by atoms with Crippen molar-refractivity contribution in [3.8, 4) is 0 Å². The number of likely N-dealkylation sites (tertiary alicyclic amines) is 1. The van der Waals surface area contributed by atoms with Gasteiger partial charge < -0.3 is 15.2 Å². The standard InChI is InChI=1S/C20H29N5O2/c1-14-13-24(12-9-21-14)19(26)15(2)23-10-7-16(8-11-23)25-18-6-4-3-5-17(18)22-20(25)27/h3-6,14-16,21H,7-13H2,1-2H3,(H,22,27)/t14-,15-/m0/s1. The highest BCUT2D eigenvalue weighted by atomic mass is 16.2. The number of piperidine rings is 1. The van der Waals surface area contributed by atoms with E-state index in [0.29, 0.717) is 6.04 Å². The van der Waals surface area contributed by atoms with Crippen LogP contribution in [-0.4, -0.2) is 70.1 Å². The van der Waals surface area contributed by atoms with E-state index in [1.54, 1.807) is 0 Å². The second kappa shape index (κ2) is 7.48. The number of aromatic amines is 1. The Labute approximate surface area is 159 Å². The lowest BCUT2D eigenvalue weighted by atomic mass is 10.0. The number of piperazine rings is 1. The van der Waals surface area contributed by atoms with Crippen LogP contribution < -0.4 is 11.0 Å². The predicted octanol–water partition coefficient (Wildman–Crippen LogP) is 1.18. The molecule has 2 aromatic rings. The maximum atomic E-state index is 12.9. The average molecular weight is 371 g/mol. The number of para-hydroxylation sites is 2. The Kier molecular flexibility index (Phi) is 5.06. The minimum absolute atomic E-state index is 0.0337. The molecule has 1 aromatic heterocycles. The van der Waals surface area contributed by atoms with Crippen LogP contribution in [0.25, 0.3) is 11.0 Å². The van der Waals surface area contributed by atoms with Crippen molar-refractivity contribution in [1.82, 2.24) is 24.7 Å². The highest BCUT2D eigenvalue weighted by molar-refractivity contribution is 5.81. The molecule has 2 atom stereocenters. The van der Waals surface area contributed by atoms with Crippen molar-refractivity contribution in [3.05, 3.63) is 34.7 Å². The van der Waals surface area contributed by atoms with E-state index in [2.05, 4.69) is 22.1 Å². The molecule has 0 saturated carbocycles. The van der Waals surface area contributed by atoms with Gasteiger partial charge in [-0.25, -0.2) is 4.79 Å². The first-order valence-corrected chi connectivity index (χ1v) is 10.00. The van der Waals surface area contributed by atoms with Crippen LogP contribution in [0, 0.1) is 0 Å². The first-order valence-electron chi connectivity index (χ1n) is 10.00. The number of nitrogens with one attached hydrogen (secondary N) is 2. The smallest absolute Gasteiger partial charge is 0.326 e. The normalized spacial score (nSPS) is 23.6. The van der Waals surface area contributed by atoms with E-state index >= 15 is 0 Å². The van der Waals surface area contributed by atoms with Gasteiger partial charge in [-0.2, -0.15) is 0 Å². The molecule has 0 spiro atoms. The molecule has 2 N–H and O–H groups in total. The number of H-pyrrole nitrogens is 1. The molecule has 2 aliphatic rings. The highest BCUT2D eigenvalue weighted by Crippen LogP contribution is 2.26. The number of imidazole rings is 1. The number of amides is 1. The highest BCUT2D eigenvalue weighted by Gasteiger charge is 2.32. The molecule has 1 amide bonds. The molecule has 146 valence electrons.